The molecular formula is C48H58N8O. The van der Waals surface area contributed by atoms with Gasteiger partial charge in [-0.05, 0) is 138 Å². The molecule has 0 spiro atoms. The first kappa shape index (κ1) is 38.6. The average molecular weight is 763 g/mol. The van der Waals surface area contributed by atoms with Crippen molar-refractivity contribution in [3.63, 3.8) is 0 Å². The van der Waals surface area contributed by atoms with Gasteiger partial charge in [-0.1, -0.05) is 52.0 Å². The minimum absolute atomic E-state index is 0.418. The predicted molar refractivity (Wildman–Crippen MR) is 233 cm³/mol. The lowest BCUT2D eigenvalue weighted by Crippen LogP contribution is -2.09. The third-order valence-corrected chi connectivity index (χ3v) is 12.5. The molecule has 0 bridgehead atoms. The topological polar surface area (TPSA) is 79.5 Å². The maximum atomic E-state index is 6.44. The van der Waals surface area contributed by atoms with Crippen LogP contribution in [0.5, 0.6) is 0 Å². The van der Waals surface area contributed by atoms with Gasteiger partial charge in [0.2, 0.25) is 0 Å². The summed E-state index contributed by atoms with van der Waals surface area (Å²) in [6.45, 7) is 27.3. The third-order valence-electron chi connectivity index (χ3n) is 12.5. The lowest BCUT2D eigenvalue weighted by Gasteiger charge is -2.17. The molecule has 6 heterocycles. The van der Waals surface area contributed by atoms with Gasteiger partial charge in [0.1, 0.15) is 11.3 Å². The van der Waals surface area contributed by atoms with Crippen LogP contribution in [0.1, 0.15) is 122 Å². The lowest BCUT2D eigenvalue weighted by molar-refractivity contribution is 0.107. The minimum Gasteiger partial charge on any atom is -0.372 e. The number of fused-ring (bicyclic) bond motifs is 6. The van der Waals surface area contributed by atoms with Crippen LogP contribution < -0.4 is 0 Å². The summed E-state index contributed by atoms with van der Waals surface area (Å²) in [5.74, 6) is 0. The predicted octanol–water partition coefficient (Wildman–Crippen LogP) is 11.9. The maximum Gasteiger partial charge on any atom is 0.165 e. The van der Waals surface area contributed by atoms with Crippen LogP contribution in [0.15, 0.2) is 48.8 Å². The third kappa shape index (κ3) is 6.26. The summed E-state index contributed by atoms with van der Waals surface area (Å²) in [4.78, 5) is 10.3. The molecule has 9 heteroatoms. The highest BCUT2D eigenvalue weighted by molar-refractivity contribution is 5.91. The zero-order valence-corrected chi connectivity index (χ0v) is 36.0. The van der Waals surface area contributed by atoms with E-state index in [1.165, 1.54) is 33.4 Å². The molecule has 6 aromatic heterocycles. The Hall–Kier alpha value is -5.28. The van der Waals surface area contributed by atoms with Gasteiger partial charge in [-0.25, -0.2) is 9.97 Å². The van der Waals surface area contributed by atoms with Gasteiger partial charge in [-0.2, -0.15) is 19.2 Å². The number of hydrogen-bond donors (Lipinski definition) is 0. The largest absolute Gasteiger partial charge is 0.372 e. The molecule has 0 saturated carbocycles. The normalized spacial score (nSPS) is 12.3. The summed E-state index contributed by atoms with van der Waals surface area (Å²) in [7, 11) is 0. The van der Waals surface area contributed by atoms with Gasteiger partial charge < -0.3 is 13.9 Å². The van der Waals surface area contributed by atoms with E-state index in [9.17, 15) is 0 Å². The van der Waals surface area contributed by atoms with Crippen molar-refractivity contribution in [2.45, 2.75) is 134 Å². The van der Waals surface area contributed by atoms with Gasteiger partial charge in [0.05, 0.1) is 47.1 Å². The summed E-state index contributed by atoms with van der Waals surface area (Å²) in [6, 6.07) is 14.3. The summed E-state index contributed by atoms with van der Waals surface area (Å²) in [5.41, 5.74) is 19.9. The van der Waals surface area contributed by atoms with Crippen molar-refractivity contribution in [1.82, 2.24) is 38.3 Å². The highest BCUT2D eigenvalue weighted by Gasteiger charge is 2.25. The fraction of sp³-hybridized carbons (Fsp3) is 0.417. The van der Waals surface area contributed by atoms with Gasteiger partial charge in [0.15, 0.2) is 11.3 Å². The van der Waals surface area contributed by atoms with E-state index < -0.39 is 0 Å². The molecule has 9 nitrogen and oxygen atoms in total. The van der Waals surface area contributed by atoms with Gasteiger partial charge in [-0.15, -0.1) is 0 Å². The van der Waals surface area contributed by atoms with E-state index in [2.05, 4.69) is 150 Å². The zero-order chi connectivity index (χ0) is 40.4. The molecule has 0 atom stereocenters. The summed E-state index contributed by atoms with van der Waals surface area (Å²) < 4.78 is 15.4. The van der Waals surface area contributed by atoms with E-state index in [0.29, 0.717) is 25.3 Å². The van der Waals surface area contributed by atoms with Crippen molar-refractivity contribution in [1.29, 1.82) is 0 Å². The molecule has 0 unspecified atom stereocenters. The molecule has 57 heavy (non-hydrogen) atoms. The number of aromatic nitrogens is 8. The fourth-order valence-corrected chi connectivity index (χ4v) is 9.75. The minimum atomic E-state index is 0.418. The van der Waals surface area contributed by atoms with Crippen LogP contribution in [-0.2, 0) is 18.0 Å². The van der Waals surface area contributed by atoms with Gasteiger partial charge in [0, 0.05) is 35.2 Å². The Morgan fingerprint density at radius 3 is 1.18 bits per heavy atom. The quantitative estimate of drug-likeness (QED) is 0.124. The van der Waals surface area contributed by atoms with Crippen LogP contribution in [-0.4, -0.2) is 38.3 Å². The smallest absolute Gasteiger partial charge is 0.165 e. The van der Waals surface area contributed by atoms with E-state index in [0.717, 1.165) is 104 Å². The lowest BCUT2D eigenvalue weighted by atomic mass is 9.93. The number of aryl methyl sites for hydroxylation is 8. The summed E-state index contributed by atoms with van der Waals surface area (Å²) in [5, 5.41) is 12.5. The second-order valence-electron chi connectivity index (χ2n) is 16.3. The van der Waals surface area contributed by atoms with Crippen molar-refractivity contribution in [3.8, 4) is 22.3 Å². The second-order valence-corrected chi connectivity index (χ2v) is 16.3. The number of benzene rings is 2. The van der Waals surface area contributed by atoms with Crippen LogP contribution in [0.3, 0.4) is 0 Å². The highest BCUT2D eigenvalue weighted by atomic mass is 16.5. The Kier molecular flexibility index (Phi) is 10.1. The summed E-state index contributed by atoms with van der Waals surface area (Å²) >= 11 is 0. The molecule has 8 rings (SSSR count). The van der Waals surface area contributed by atoms with E-state index in [1.807, 2.05) is 0 Å². The molecule has 0 aliphatic carbocycles. The van der Waals surface area contributed by atoms with E-state index in [-0.39, 0.29) is 0 Å². The Morgan fingerprint density at radius 1 is 0.491 bits per heavy atom. The molecule has 0 aliphatic heterocycles. The first-order valence-electron chi connectivity index (χ1n) is 20.9. The molecule has 0 radical (unpaired) electrons. The molecule has 296 valence electrons. The molecular weight excluding hydrogens is 705 g/mol. The van der Waals surface area contributed by atoms with Crippen LogP contribution >= 0.6 is 0 Å². The number of ether oxygens (including phenoxy) is 1. The molecule has 0 N–H and O–H groups in total. The van der Waals surface area contributed by atoms with Gasteiger partial charge in [-0.3, -0.25) is 0 Å². The molecule has 0 saturated heterocycles. The molecule has 8 aromatic rings. The van der Waals surface area contributed by atoms with Gasteiger partial charge >= 0.3 is 0 Å². The van der Waals surface area contributed by atoms with E-state index in [4.69, 9.17) is 24.9 Å². The van der Waals surface area contributed by atoms with Crippen molar-refractivity contribution >= 4 is 33.4 Å². The maximum absolute atomic E-state index is 6.44. The van der Waals surface area contributed by atoms with Crippen LogP contribution in [0, 0.1) is 55.4 Å². The Morgan fingerprint density at radius 2 is 0.842 bits per heavy atom. The molecule has 2 aromatic carbocycles. The highest BCUT2D eigenvalue weighted by Crippen LogP contribution is 2.38. The monoisotopic (exact) mass is 762 g/mol. The van der Waals surface area contributed by atoms with Crippen LogP contribution in [0.2, 0.25) is 0 Å². The van der Waals surface area contributed by atoms with Crippen LogP contribution in [0.25, 0.3) is 55.6 Å². The SMILES string of the molecule is CCC(CC)n1ccc2c(C)nc3c(-c4c(C)cc(COCc5cc(C)c(-c6c(C)nn7c6nc(C)c6ccn(C(CC)CC)c67)c(C)c5)cc4C)c(C)nn3c21. The van der Waals surface area contributed by atoms with Gasteiger partial charge in [0.25, 0.3) is 0 Å². The van der Waals surface area contributed by atoms with Crippen molar-refractivity contribution in [2.75, 3.05) is 0 Å². The average Bonchev–Trinajstić information content (AvgIpc) is 3.94. The fourth-order valence-electron chi connectivity index (χ4n) is 9.75. The number of nitrogens with zero attached hydrogens (tertiary/aromatic N) is 8. The Labute approximate surface area is 336 Å². The van der Waals surface area contributed by atoms with Crippen molar-refractivity contribution < 1.29 is 4.74 Å². The van der Waals surface area contributed by atoms with Crippen molar-refractivity contribution in [3.05, 3.63) is 105 Å². The molecule has 0 aliphatic rings. The number of rotatable bonds is 12. The van der Waals surface area contributed by atoms with E-state index >= 15 is 0 Å². The molecule has 0 fully saturated rings. The number of hydrogen-bond acceptors (Lipinski definition) is 5. The van der Waals surface area contributed by atoms with Crippen LogP contribution in [0.4, 0.5) is 0 Å². The van der Waals surface area contributed by atoms with Crippen molar-refractivity contribution in [2.24, 2.45) is 0 Å². The van der Waals surface area contributed by atoms with E-state index in [1.54, 1.807) is 0 Å². The molecule has 0 amide bonds. The summed E-state index contributed by atoms with van der Waals surface area (Å²) in [6.07, 6.45) is 8.70. The Bertz CT molecular complexity index is 2580. The first-order valence-corrected chi connectivity index (χ1v) is 20.9. The Balaban J connectivity index is 1.06. The first-order chi connectivity index (χ1) is 27.4. The second kappa shape index (κ2) is 14.9. The zero-order valence-electron chi connectivity index (χ0n) is 36.0. The standard InChI is InChI=1S/C48H58N8O/c1-13-37(14-2)53-19-17-39-31(9)49-45-43(33(11)51-55(45)47(39)53)41-27(5)21-35(22-28(41)6)25-57-26-36-23-29(7)42(30(8)24-36)44-34(12)52-56-46(44)50-32(10)40-18-20-54(48(40)56)38(15-3)16-4/h17-24,37-38H,13-16,25-26H2,1-12H3.